The van der Waals surface area contributed by atoms with Crippen LogP contribution >= 0.6 is 51.5 Å². The Balaban J connectivity index is 1.46. The summed E-state index contributed by atoms with van der Waals surface area (Å²) in [5, 5.41) is 3.21. The fraction of sp³-hybridized carbons (Fsp3) is 0.115. The lowest BCUT2D eigenvalue weighted by atomic mass is 10.1. The molecule has 1 aliphatic heterocycles. The van der Waals surface area contributed by atoms with E-state index in [-0.39, 0.29) is 18.4 Å². The molecular weight excluding hydrogens is 600 g/mol. The zero-order chi connectivity index (χ0) is 26.5. The Morgan fingerprint density at radius 2 is 1.84 bits per heavy atom. The van der Waals surface area contributed by atoms with Crippen molar-refractivity contribution in [3.05, 3.63) is 80.6 Å². The van der Waals surface area contributed by atoms with Crippen LogP contribution in [0, 0.1) is 0 Å². The largest absolute Gasteiger partial charge is 0.495 e. The third-order valence-corrected chi connectivity index (χ3v) is 7.70. The van der Waals surface area contributed by atoms with Crippen molar-refractivity contribution in [3.63, 3.8) is 0 Å². The molecule has 0 aromatic heterocycles. The van der Waals surface area contributed by atoms with Crippen LogP contribution < -0.4 is 24.4 Å². The number of hydrogen-bond donors (Lipinski definition) is 1. The molecule has 7 nitrogen and oxygen atoms in total. The van der Waals surface area contributed by atoms with Crippen molar-refractivity contribution in [1.29, 1.82) is 0 Å². The van der Waals surface area contributed by atoms with E-state index in [1.54, 1.807) is 61.7 Å². The summed E-state index contributed by atoms with van der Waals surface area (Å²) in [6, 6.07) is 17.5. The SMILES string of the molecule is COc1cc(/C=C2/SC(=S)N(c3ccccc3OC)C2=O)ccc1OCC(=O)Nc1ccc(Br)c(Cl)c1. The van der Waals surface area contributed by atoms with Crippen molar-refractivity contribution >= 4 is 85.1 Å². The number of carbonyl (C=O) groups is 2. The number of nitrogens with one attached hydrogen (secondary N) is 1. The molecule has 0 aliphatic carbocycles. The first kappa shape index (κ1) is 27.0. The second-order valence-corrected chi connectivity index (χ2v) is 10.5. The van der Waals surface area contributed by atoms with Gasteiger partial charge < -0.3 is 19.5 Å². The van der Waals surface area contributed by atoms with Gasteiger partial charge in [0, 0.05) is 10.2 Å². The molecule has 11 heteroatoms. The van der Waals surface area contributed by atoms with Gasteiger partial charge in [-0.05, 0) is 70.0 Å². The van der Waals surface area contributed by atoms with E-state index in [2.05, 4.69) is 21.2 Å². The van der Waals surface area contributed by atoms with Gasteiger partial charge in [0.15, 0.2) is 22.4 Å². The van der Waals surface area contributed by atoms with Crippen LogP contribution in [0.4, 0.5) is 11.4 Å². The van der Waals surface area contributed by atoms with E-state index in [0.717, 1.165) is 4.47 Å². The molecule has 1 fully saturated rings. The molecule has 37 heavy (non-hydrogen) atoms. The van der Waals surface area contributed by atoms with Crippen LogP contribution in [0.15, 0.2) is 70.0 Å². The van der Waals surface area contributed by atoms with E-state index in [4.69, 9.17) is 38.0 Å². The predicted octanol–water partition coefficient (Wildman–Crippen LogP) is 6.54. The lowest BCUT2D eigenvalue weighted by molar-refractivity contribution is -0.118. The molecule has 1 heterocycles. The van der Waals surface area contributed by atoms with Gasteiger partial charge in [0.1, 0.15) is 5.75 Å². The molecule has 1 N–H and O–H groups in total. The second kappa shape index (κ2) is 12.0. The number of anilines is 2. The number of ether oxygens (including phenoxy) is 3. The highest BCUT2D eigenvalue weighted by Crippen LogP contribution is 2.40. The van der Waals surface area contributed by atoms with E-state index in [9.17, 15) is 9.59 Å². The monoisotopic (exact) mass is 618 g/mol. The van der Waals surface area contributed by atoms with Gasteiger partial charge in [-0.2, -0.15) is 0 Å². The number of nitrogens with zero attached hydrogens (tertiary/aromatic N) is 1. The van der Waals surface area contributed by atoms with Crippen molar-refractivity contribution in [2.45, 2.75) is 0 Å². The maximum absolute atomic E-state index is 13.2. The number of hydrogen-bond acceptors (Lipinski definition) is 7. The van der Waals surface area contributed by atoms with Gasteiger partial charge >= 0.3 is 0 Å². The highest BCUT2D eigenvalue weighted by Gasteiger charge is 2.34. The maximum atomic E-state index is 13.2. The Bertz CT molecular complexity index is 1420. The zero-order valence-corrected chi connectivity index (χ0v) is 23.6. The minimum absolute atomic E-state index is 0.235. The molecule has 1 aliphatic rings. The summed E-state index contributed by atoms with van der Waals surface area (Å²) >= 11 is 16.0. The van der Waals surface area contributed by atoms with Crippen LogP contribution in [0.25, 0.3) is 6.08 Å². The third-order valence-electron chi connectivity index (χ3n) is 5.17. The minimum Gasteiger partial charge on any atom is -0.495 e. The van der Waals surface area contributed by atoms with Crippen LogP contribution in [-0.2, 0) is 9.59 Å². The minimum atomic E-state index is -0.357. The number of halogens is 2. The van der Waals surface area contributed by atoms with Crippen molar-refractivity contribution < 1.29 is 23.8 Å². The molecule has 3 aromatic carbocycles. The average Bonchev–Trinajstić information content (AvgIpc) is 3.17. The van der Waals surface area contributed by atoms with E-state index in [1.165, 1.54) is 23.8 Å². The Labute approximate surface area is 236 Å². The Morgan fingerprint density at radius 3 is 2.57 bits per heavy atom. The topological polar surface area (TPSA) is 77.1 Å². The standard InChI is InChI=1S/C26H20BrClN2O5S2/c1-33-20-6-4-3-5-19(20)30-25(32)23(37-26(30)36)12-15-7-10-21(22(11-15)34-2)35-14-24(31)29-16-8-9-17(27)18(28)13-16/h3-13H,14H2,1-2H3,(H,29,31)/b23-12+. The van der Waals surface area contributed by atoms with Gasteiger partial charge in [-0.1, -0.05) is 53.8 Å². The first-order valence-corrected chi connectivity index (χ1v) is 13.2. The number of carbonyl (C=O) groups excluding carboxylic acids is 2. The average molecular weight is 620 g/mol. The molecular formula is C26H20BrClN2O5S2. The summed E-state index contributed by atoms with van der Waals surface area (Å²) in [5.41, 5.74) is 1.84. The molecule has 0 spiro atoms. The Morgan fingerprint density at radius 1 is 1.08 bits per heavy atom. The lowest BCUT2D eigenvalue weighted by Gasteiger charge is -2.17. The van der Waals surface area contributed by atoms with Gasteiger partial charge in [-0.3, -0.25) is 14.5 Å². The molecule has 0 radical (unpaired) electrons. The number of rotatable bonds is 8. The first-order valence-electron chi connectivity index (χ1n) is 10.8. The summed E-state index contributed by atoms with van der Waals surface area (Å²) in [6.07, 6.45) is 1.73. The molecule has 0 atom stereocenters. The number of benzene rings is 3. The molecule has 0 bridgehead atoms. The molecule has 0 saturated carbocycles. The lowest BCUT2D eigenvalue weighted by Crippen LogP contribution is -2.27. The van der Waals surface area contributed by atoms with Crippen LogP contribution in [0.1, 0.15) is 5.56 Å². The molecule has 2 amide bonds. The summed E-state index contributed by atoms with van der Waals surface area (Å²) < 4.78 is 17.6. The van der Waals surface area contributed by atoms with Crippen LogP contribution in [-0.4, -0.2) is 37.0 Å². The van der Waals surface area contributed by atoms with Gasteiger partial charge in [-0.15, -0.1) is 0 Å². The van der Waals surface area contributed by atoms with Crippen molar-refractivity contribution in [3.8, 4) is 17.2 Å². The number of thiocarbonyl (C=S) groups is 1. The van der Waals surface area contributed by atoms with E-state index in [1.807, 2.05) is 12.1 Å². The fourth-order valence-electron chi connectivity index (χ4n) is 3.45. The van der Waals surface area contributed by atoms with Crippen LogP contribution in [0.5, 0.6) is 17.2 Å². The Hall–Kier alpha value is -3.05. The third kappa shape index (κ3) is 6.27. The number of methoxy groups -OCH3 is 2. The van der Waals surface area contributed by atoms with Crippen molar-refractivity contribution in [2.24, 2.45) is 0 Å². The summed E-state index contributed by atoms with van der Waals surface area (Å²) in [5.74, 6) is 0.738. The van der Waals surface area contributed by atoms with Gasteiger partial charge in [0.2, 0.25) is 0 Å². The highest BCUT2D eigenvalue weighted by atomic mass is 79.9. The highest BCUT2D eigenvalue weighted by molar-refractivity contribution is 9.10. The molecule has 1 saturated heterocycles. The summed E-state index contributed by atoms with van der Waals surface area (Å²) in [7, 11) is 3.04. The zero-order valence-electron chi connectivity index (χ0n) is 19.6. The quantitative estimate of drug-likeness (QED) is 0.227. The Kier molecular flexibility index (Phi) is 8.75. The van der Waals surface area contributed by atoms with Gasteiger partial charge in [0.25, 0.3) is 11.8 Å². The van der Waals surface area contributed by atoms with Crippen LogP contribution in [0.3, 0.4) is 0 Å². The fourth-order valence-corrected chi connectivity index (χ4v) is 5.16. The van der Waals surface area contributed by atoms with Crippen LogP contribution in [0.2, 0.25) is 5.02 Å². The van der Waals surface area contributed by atoms with E-state index < -0.39 is 0 Å². The molecule has 0 unspecified atom stereocenters. The van der Waals surface area contributed by atoms with Crippen molar-refractivity contribution in [2.75, 3.05) is 31.0 Å². The second-order valence-electron chi connectivity index (χ2n) is 7.57. The maximum Gasteiger partial charge on any atom is 0.270 e. The van der Waals surface area contributed by atoms with E-state index >= 15 is 0 Å². The van der Waals surface area contributed by atoms with Gasteiger partial charge in [-0.25, -0.2) is 0 Å². The predicted molar refractivity (Wildman–Crippen MR) is 155 cm³/mol. The van der Waals surface area contributed by atoms with Gasteiger partial charge in [0.05, 0.1) is 29.8 Å². The van der Waals surface area contributed by atoms with Crippen molar-refractivity contribution in [1.82, 2.24) is 0 Å². The summed E-state index contributed by atoms with van der Waals surface area (Å²) in [6.45, 7) is -0.235. The summed E-state index contributed by atoms with van der Waals surface area (Å²) in [4.78, 5) is 27.4. The van der Waals surface area contributed by atoms with E-state index in [0.29, 0.717) is 48.4 Å². The molecule has 4 rings (SSSR count). The number of thioether (sulfide) groups is 1. The smallest absolute Gasteiger partial charge is 0.270 e. The first-order chi connectivity index (χ1) is 17.8. The number of para-hydroxylation sites is 2. The number of amides is 2. The molecule has 190 valence electrons. The molecule has 3 aromatic rings. The normalized spacial score (nSPS) is 14.2.